The first-order valence-electron chi connectivity index (χ1n) is 3.98. The van der Waals surface area contributed by atoms with Gasteiger partial charge in [0.1, 0.15) is 0 Å². The highest BCUT2D eigenvalue weighted by atomic mass is 16.5. The van der Waals surface area contributed by atoms with Crippen molar-refractivity contribution in [2.75, 3.05) is 6.61 Å². The van der Waals surface area contributed by atoms with Gasteiger partial charge in [0.15, 0.2) is 0 Å². The summed E-state index contributed by atoms with van der Waals surface area (Å²) >= 11 is 0. The van der Waals surface area contributed by atoms with Gasteiger partial charge in [-0.1, -0.05) is 0 Å². The lowest BCUT2D eigenvalue weighted by molar-refractivity contribution is -0.0724. The van der Waals surface area contributed by atoms with Gasteiger partial charge in [-0.05, 0) is 32.6 Å². The van der Waals surface area contributed by atoms with Crippen molar-refractivity contribution in [3.05, 3.63) is 0 Å². The third-order valence-corrected chi connectivity index (χ3v) is 1.92. The van der Waals surface area contributed by atoms with Crippen molar-refractivity contribution in [3.63, 3.8) is 0 Å². The maximum Gasteiger partial charge on any atom is 0.0585 e. The van der Waals surface area contributed by atoms with E-state index in [2.05, 4.69) is 0 Å². The highest BCUT2D eigenvalue weighted by Gasteiger charge is 2.29. The molecule has 0 heterocycles. The second kappa shape index (κ2) is 3.35. The molecule has 1 saturated carbocycles. The molecule has 0 unspecified atom stereocenters. The highest BCUT2D eigenvalue weighted by molar-refractivity contribution is 4.79. The van der Waals surface area contributed by atoms with Crippen molar-refractivity contribution in [2.45, 2.75) is 38.9 Å². The predicted octanol–water partition coefficient (Wildman–Crippen LogP) is 1.18. The zero-order valence-electron chi connectivity index (χ0n) is 6.71. The normalized spacial score (nSPS) is 32.4. The van der Waals surface area contributed by atoms with Gasteiger partial charge in [0.05, 0.1) is 12.2 Å². The van der Waals surface area contributed by atoms with Gasteiger partial charge in [-0.3, -0.25) is 0 Å². The van der Waals surface area contributed by atoms with Gasteiger partial charge < -0.3 is 9.84 Å². The Hall–Kier alpha value is -0.0800. The number of aliphatic hydroxyl groups excluding tert-OH is 1. The smallest absolute Gasteiger partial charge is 0.0585 e. The lowest BCUT2D eigenvalue weighted by Gasteiger charge is -2.35. The maximum atomic E-state index is 8.68. The summed E-state index contributed by atoms with van der Waals surface area (Å²) in [7, 11) is 0. The molecular weight excluding hydrogens is 128 g/mol. The lowest BCUT2D eigenvalue weighted by atomic mass is 9.83. The third kappa shape index (κ3) is 1.96. The van der Waals surface area contributed by atoms with Crippen LogP contribution in [0.25, 0.3) is 0 Å². The summed E-state index contributed by atoms with van der Waals surface area (Å²) in [6, 6.07) is 0. The Labute approximate surface area is 62.2 Å². The van der Waals surface area contributed by atoms with Crippen LogP contribution in [-0.4, -0.2) is 23.9 Å². The first-order valence-corrected chi connectivity index (χ1v) is 3.98. The largest absolute Gasteiger partial charge is 0.396 e. The summed E-state index contributed by atoms with van der Waals surface area (Å²) in [6.45, 7) is 4.43. The molecule has 2 nitrogen and oxygen atoms in total. The molecule has 0 saturated heterocycles. The number of aliphatic hydroxyl groups is 1. The highest BCUT2D eigenvalue weighted by Crippen LogP contribution is 2.29. The van der Waals surface area contributed by atoms with Crippen LogP contribution in [0.1, 0.15) is 26.7 Å². The molecule has 0 bridgehead atoms. The predicted molar refractivity (Wildman–Crippen MR) is 39.8 cm³/mol. The van der Waals surface area contributed by atoms with E-state index in [9.17, 15) is 0 Å². The molecule has 0 atom stereocenters. The number of hydrogen-bond donors (Lipinski definition) is 1. The fourth-order valence-electron chi connectivity index (χ4n) is 1.32. The zero-order valence-corrected chi connectivity index (χ0v) is 6.71. The molecule has 10 heavy (non-hydrogen) atoms. The van der Waals surface area contributed by atoms with Gasteiger partial charge >= 0.3 is 0 Å². The van der Waals surface area contributed by atoms with E-state index >= 15 is 0 Å². The van der Waals surface area contributed by atoms with Crippen LogP contribution in [0.15, 0.2) is 0 Å². The van der Waals surface area contributed by atoms with E-state index in [-0.39, 0.29) is 0 Å². The summed E-state index contributed by atoms with van der Waals surface area (Å²) in [5.41, 5.74) is 0. The molecule has 0 spiro atoms. The summed E-state index contributed by atoms with van der Waals surface area (Å²) < 4.78 is 5.51. The van der Waals surface area contributed by atoms with Crippen LogP contribution in [0.4, 0.5) is 0 Å². The van der Waals surface area contributed by atoms with Gasteiger partial charge in [-0.2, -0.15) is 0 Å². The molecule has 1 N–H and O–H groups in total. The molecule has 0 aliphatic heterocycles. The molecule has 0 aromatic carbocycles. The van der Waals surface area contributed by atoms with E-state index in [1.807, 2.05) is 13.8 Å². The molecule has 0 radical (unpaired) electrons. The molecule has 1 aliphatic rings. The van der Waals surface area contributed by atoms with Gasteiger partial charge in [-0.15, -0.1) is 0 Å². The minimum Gasteiger partial charge on any atom is -0.396 e. The fourth-order valence-corrected chi connectivity index (χ4v) is 1.32. The Morgan fingerprint density at radius 1 is 1.50 bits per heavy atom. The Morgan fingerprint density at radius 2 is 2.10 bits per heavy atom. The van der Waals surface area contributed by atoms with Crippen molar-refractivity contribution in [1.29, 1.82) is 0 Å². The summed E-state index contributed by atoms with van der Waals surface area (Å²) in [5.74, 6) is 0.517. The summed E-state index contributed by atoms with van der Waals surface area (Å²) in [4.78, 5) is 0. The SMILES string of the molecule is CC(C)OC1CC(CO)C1. The Balaban J connectivity index is 2.03. The van der Waals surface area contributed by atoms with Crippen molar-refractivity contribution in [2.24, 2.45) is 5.92 Å². The van der Waals surface area contributed by atoms with Crippen LogP contribution in [0.2, 0.25) is 0 Å². The standard InChI is InChI=1S/C8H16O2/c1-6(2)10-8-3-7(4-8)5-9/h6-9H,3-5H2,1-2H3. The van der Waals surface area contributed by atoms with E-state index in [1.54, 1.807) is 0 Å². The van der Waals surface area contributed by atoms with Crippen LogP contribution in [0, 0.1) is 5.92 Å². The first-order chi connectivity index (χ1) is 4.72. The topological polar surface area (TPSA) is 29.5 Å². The van der Waals surface area contributed by atoms with E-state index in [0.717, 1.165) is 12.8 Å². The van der Waals surface area contributed by atoms with Crippen molar-refractivity contribution < 1.29 is 9.84 Å². The van der Waals surface area contributed by atoms with Crippen molar-refractivity contribution in [1.82, 2.24) is 0 Å². The molecule has 0 amide bonds. The minimum absolute atomic E-state index is 0.331. The van der Waals surface area contributed by atoms with E-state index in [4.69, 9.17) is 9.84 Å². The number of rotatable bonds is 3. The quantitative estimate of drug-likeness (QED) is 0.644. The molecule has 2 heteroatoms. The zero-order chi connectivity index (χ0) is 7.56. The van der Waals surface area contributed by atoms with Gasteiger partial charge in [0, 0.05) is 6.61 Å². The van der Waals surface area contributed by atoms with Gasteiger partial charge in [0.25, 0.3) is 0 Å². The van der Waals surface area contributed by atoms with E-state index in [0.29, 0.717) is 24.7 Å². The van der Waals surface area contributed by atoms with E-state index < -0.39 is 0 Å². The average molecular weight is 144 g/mol. The molecule has 0 aromatic rings. The van der Waals surface area contributed by atoms with Gasteiger partial charge in [-0.25, -0.2) is 0 Å². The second-order valence-corrected chi connectivity index (χ2v) is 3.33. The average Bonchev–Trinajstić information content (AvgIpc) is 1.76. The number of hydrogen-bond acceptors (Lipinski definition) is 2. The van der Waals surface area contributed by atoms with Crippen LogP contribution in [-0.2, 0) is 4.74 Å². The van der Waals surface area contributed by atoms with Gasteiger partial charge in [0.2, 0.25) is 0 Å². The van der Waals surface area contributed by atoms with Crippen molar-refractivity contribution >= 4 is 0 Å². The third-order valence-electron chi connectivity index (χ3n) is 1.92. The molecule has 1 rings (SSSR count). The van der Waals surface area contributed by atoms with Crippen LogP contribution < -0.4 is 0 Å². The van der Waals surface area contributed by atoms with Crippen LogP contribution in [0.5, 0.6) is 0 Å². The molecule has 1 aliphatic carbocycles. The summed E-state index contributed by atoms with van der Waals surface area (Å²) in [6.07, 6.45) is 2.87. The molecule has 1 fully saturated rings. The summed E-state index contributed by atoms with van der Waals surface area (Å²) in [5, 5.41) is 8.68. The maximum absolute atomic E-state index is 8.68. The minimum atomic E-state index is 0.331. The molecular formula is C8H16O2. The molecule has 60 valence electrons. The monoisotopic (exact) mass is 144 g/mol. The molecule has 0 aromatic heterocycles. The Morgan fingerprint density at radius 3 is 2.50 bits per heavy atom. The van der Waals surface area contributed by atoms with E-state index in [1.165, 1.54) is 0 Å². The lowest BCUT2D eigenvalue weighted by Crippen LogP contribution is -2.35. The number of ether oxygens (including phenoxy) is 1. The van der Waals surface area contributed by atoms with Crippen molar-refractivity contribution in [3.8, 4) is 0 Å². The second-order valence-electron chi connectivity index (χ2n) is 3.33. The first kappa shape index (κ1) is 8.02. The van der Waals surface area contributed by atoms with Crippen LogP contribution >= 0.6 is 0 Å². The Bertz CT molecular complexity index is 95.4. The fraction of sp³-hybridized carbons (Fsp3) is 1.00. The Kier molecular flexibility index (Phi) is 2.69. The van der Waals surface area contributed by atoms with Crippen LogP contribution in [0.3, 0.4) is 0 Å².